The molecule has 0 aliphatic carbocycles. The molecule has 0 unspecified atom stereocenters. The number of benzene rings is 2. The summed E-state index contributed by atoms with van der Waals surface area (Å²) in [6.45, 7) is 1.09. The SMILES string of the molecule is O=C(NCCOc1ccccc1F)NCCc1ccccc1. The molecule has 116 valence electrons. The molecule has 5 heteroatoms. The first-order valence-electron chi connectivity index (χ1n) is 7.18. The molecule has 0 atom stereocenters. The van der Waals surface area contributed by atoms with Gasteiger partial charge in [-0.3, -0.25) is 0 Å². The van der Waals surface area contributed by atoms with Crippen LogP contribution in [0.5, 0.6) is 5.75 Å². The van der Waals surface area contributed by atoms with Gasteiger partial charge in [-0.15, -0.1) is 0 Å². The number of halogens is 1. The number of urea groups is 1. The molecular weight excluding hydrogens is 283 g/mol. The van der Waals surface area contributed by atoms with Crippen molar-refractivity contribution in [3.8, 4) is 5.75 Å². The molecule has 0 saturated heterocycles. The van der Waals surface area contributed by atoms with Crippen molar-refractivity contribution in [3.63, 3.8) is 0 Å². The van der Waals surface area contributed by atoms with E-state index in [2.05, 4.69) is 10.6 Å². The fraction of sp³-hybridized carbons (Fsp3) is 0.235. The van der Waals surface area contributed by atoms with Crippen LogP contribution in [0.3, 0.4) is 0 Å². The molecule has 0 aliphatic rings. The van der Waals surface area contributed by atoms with E-state index in [0.717, 1.165) is 6.42 Å². The second kappa shape index (κ2) is 8.67. The molecule has 0 saturated carbocycles. The molecule has 2 N–H and O–H groups in total. The van der Waals surface area contributed by atoms with Gasteiger partial charge in [0.25, 0.3) is 0 Å². The van der Waals surface area contributed by atoms with Crippen LogP contribution < -0.4 is 15.4 Å². The normalized spacial score (nSPS) is 10.0. The van der Waals surface area contributed by atoms with Crippen molar-refractivity contribution in [2.24, 2.45) is 0 Å². The van der Waals surface area contributed by atoms with Crippen LogP contribution in [-0.2, 0) is 6.42 Å². The van der Waals surface area contributed by atoms with Crippen LogP contribution in [0, 0.1) is 5.82 Å². The number of carbonyl (C=O) groups is 1. The molecule has 0 bridgehead atoms. The zero-order chi connectivity index (χ0) is 15.6. The summed E-state index contributed by atoms with van der Waals surface area (Å²) >= 11 is 0. The van der Waals surface area contributed by atoms with Gasteiger partial charge < -0.3 is 15.4 Å². The molecule has 0 aromatic heterocycles. The van der Waals surface area contributed by atoms with E-state index in [0.29, 0.717) is 13.1 Å². The Hall–Kier alpha value is -2.56. The summed E-state index contributed by atoms with van der Waals surface area (Å²) in [5.74, 6) is -0.219. The summed E-state index contributed by atoms with van der Waals surface area (Å²) in [6, 6.07) is 15.8. The van der Waals surface area contributed by atoms with E-state index in [-0.39, 0.29) is 18.4 Å². The van der Waals surface area contributed by atoms with E-state index in [9.17, 15) is 9.18 Å². The third-order valence-electron chi connectivity index (χ3n) is 3.02. The molecule has 2 aromatic carbocycles. The van der Waals surface area contributed by atoms with Crippen LogP contribution in [0.1, 0.15) is 5.56 Å². The van der Waals surface area contributed by atoms with Crippen molar-refractivity contribution in [1.82, 2.24) is 10.6 Å². The van der Waals surface area contributed by atoms with Crippen molar-refractivity contribution >= 4 is 6.03 Å². The van der Waals surface area contributed by atoms with Crippen LogP contribution in [0.2, 0.25) is 0 Å². The molecule has 22 heavy (non-hydrogen) atoms. The fourth-order valence-electron chi connectivity index (χ4n) is 1.91. The van der Waals surface area contributed by atoms with Crippen molar-refractivity contribution in [1.29, 1.82) is 0 Å². The molecule has 4 nitrogen and oxygen atoms in total. The second-order valence-corrected chi connectivity index (χ2v) is 4.70. The second-order valence-electron chi connectivity index (χ2n) is 4.70. The lowest BCUT2D eigenvalue weighted by Gasteiger charge is -2.09. The Labute approximate surface area is 129 Å². The molecular formula is C17H19FN2O2. The summed E-state index contributed by atoms with van der Waals surface area (Å²) < 4.78 is 18.5. The van der Waals surface area contributed by atoms with Crippen molar-refractivity contribution in [2.75, 3.05) is 19.7 Å². The minimum Gasteiger partial charge on any atom is -0.489 e. The average Bonchev–Trinajstić information content (AvgIpc) is 2.54. The molecule has 0 fully saturated rings. The van der Waals surface area contributed by atoms with E-state index in [1.807, 2.05) is 30.3 Å². The van der Waals surface area contributed by atoms with Gasteiger partial charge >= 0.3 is 6.03 Å². The first kappa shape index (κ1) is 15.8. The number of rotatable bonds is 7. The maximum Gasteiger partial charge on any atom is 0.314 e. The maximum absolute atomic E-state index is 13.3. The van der Waals surface area contributed by atoms with Gasteiger partial charge in [0.1, 0.15) is 6.61 Å². The molecule has 2 amide bonds. The summed E-state index contributed by atoms with van der Waals surface area (Å²) in [4.78, 5) is 11.6. The standard InChI is InChI=1S/C17H19FN2O2/c18-15-8-4-5-9-16(15)22-13-12-20-17(21)19-11-10-14-6-2-1-3-7-14/h1-9H,10-13H2,(H2,19,20,21). The minimum atomic E-state index is -0.408. The molecule has 0 spiro atoms. The molecule has 0 radical (unpaired) electrons. The Morgan fingerprint density at radius 2 is 1.64 bits per heavy atom. The topological polar surface area (TPSA) is 50.4 Å². The zero-order valence-electron chi connectivity index (χ0n) is 12.2. The Balaban J connectivity index is 1.57. The Morgan fingerprint density at radius 3 is 2.41 bits per heavy atom. The van der Waals surface area contributed by atoms with Crippen molar-refractivity contribution in [3.05, 3.63) is 66.0 Å². The number of hydrogen-bond acceptors (Lipinski definition) is 2. The molecule has 2 rings (SSSR count). The average molecular weight is 302 g/mol. The summed E-state index contributed by atoms with van der Waals surface area (Å²) in [5.41, 5.74) is 1.17. The summed E-state index contributed by atoms with van der Waals surface area (Å²) in [6.07, 6.45) is 0.778. The number of para-hydroxylation sites is 1. The Kier molecular flexibility index (Phi) is 6.23. The monoisotopic (exact) mass is 302 g/mol. The van der Waals surface area contributed by atoms with Gasteiger partial charge in [0.2, 0.25) is 0 Å². The van der Waals surface area contributed by atoms with Gasteiger partial charge in [0.15, 0.2) is 11.6 Å². The quantitative estimate of drug-likeness (QED) is 0.773. The van der Waals surface area contributed by atoms with E-state index in [4.69, 9.17) is 4.74 Å². The smallest absolute Gasteiger partial charge is 0.314 e. The lowest BCUT2D eigenvalue weighted by atomic mass is 10.1. The van der Waals surface area contributed by atoms with E-state index in [1.54, 1.807) is 18.2 Å². The summed E-state index contributed by atoms with van der Waals surface area (Å²) in [5, 5.41) is 5.42. The van der Waals surface area contributed by atoms with Crippen LogP contribution in [-0.4, -0.2) is 25.7 Å². The van der Waals surface area contributed by atoms with Crippen molar-refractivity contribution in [2.45, 2.75) is 6.42 Å². The van der Waals surface area contributed by atoms with Crippen LogP contribution in [0.4, 0.5) is 9.18 Å². The Bertz CT molecular complexity index is 590. The third-order valence-corrected chi connectivity index (χ3v) is 3.02. The highest BCUT2D eigenvalue weighted by molar-refractivity contribution is 5.73. The predicted molar refractivity (Wildman–Crippen MR) is 83.4 cm³/mol. The van der Waals surface area contributed by atoms with Gasteiger partial charge in [-0.05, 0) is 24.1 Å². The first-order valence-corrected chi connectivity index (χ1v) is 7.18. The van der Waals surface area contributed by atoms with E-state index < -0.39 is 5.82 Å². The highest BCUT2D eigenvalue weighted by Crippen LogP contribution is 2.14. The highest BCUT2D eigenvalue weighted by atomic mass is 19.1. The number of nitrogens with one attached hydrogen (secondary N) is 2. The molecule has 0 heterocycles. The first-order chi connectivity index (χ1) is 10.8. The molecule has 0 aliphatic heterocycles. The van der Waals surface area contributed by atoms with Gasteiger partial charge in [0, 0.05) is 6.54 Å². The number of carbonyl (C=O) groups excluding carboxylic acids is 1. The van der Waals surface area contributed by atoms with E-state index in [1.165, 1.54) is 11.6 Å². The van der Waals surface area contributed by atoms with Crippen molar-refractivity contribution < 1.29 is 13.9 Å². The summed E-state index contributed by atoms with van der Waals surface area (Å²) in [7, 11) is 0. The number of ether oxygens (including phenoxy) is 1. The van der Waals surface area contributed by atoms with Gasteiger partial charge in [-0.25, -0.2) is 9.18 Å². The van der Waals surface area contributed by atoms with Crippen LogP contribution in [0.25, 0.3) is 0 Å². The third kappa shape index (κ3) is 5.44. The minimum absolute atomic E-state index is 0.189. The van der Waals surface area contributed by atoms with Gasteiger partial charge in [-0.2, -0.15) is 0 Å². The predicted octanol–water partition coefficient (Wildman–Crippen LogP) is 2.75. The lowest BCUT2D eigenvalue weighted by Crippen LogP contribution is -2.38. The van der Waals surface area contributed by atoms with E-state index >= 15 is 0 Å². The van der Waals surface area contributed by atoms with Crippen LogP contribution >= 0.6 is 0 Å². The number of hydrogen-bond donors (Lipinski definition) is 2. The Morgan fingerprint density at radius 1 is 0.955 bits per heavy atom. The van der Waals surface area contributed by atoms with Gasteiger partial charge in [-0.1, -0.05) is 42.5 Å². The highest BCUT2D eigenvalue weighted by Gasteiger charge is 2.02. The zero-order valence-corrected chi connectivity index (χ0v) is 12.2. The fourth-order valence-corrected chi connectivity index (χ4v) is 1.91. The van der Waals surface area contributed by atoms with Crippen LogP contribution in [0.15, 0.2) is 54.6 Å². The lowest BCUT2D eigenvalue weighted by molar-refractivity contribution is 0.236. The molecule has 2 aromatic rings. The van der Waals surface area contributed by atoms with Gasteiger partial charge in [0.05, 0.1) is 6.54 Å². The maximum atomic E-state index is 13.3. The number of amides is 2. The largest absolute Gasteiger partial charge is 0.489 e.